The monoisotopic (exact) mass is 366 g/mol. The molecule has 0 spiro atoms. The molecule has 2 aromatic heterocycles. The fourth-order valence-corrected chi connectivity index (χ4v) is 3.01. The summed E-state index contributed by atoms with van der Waals surface area (Å²) in [6, 6.07) is 7.77. The lowest BCUT2D eigenvalue weighted by Crippen LogP contribution is -2.37. The number of carbonyl (C=O) groups is 1. The van der Waals surface area contributed by atoms with Crippen LogP contribution in [0.4, 0.5) is 5.69 Å². The Morgan fingerprint density at radius 1 is 1.19 bits per heavy atom. The molecule has 0 saturated carbocycles. The Bertz CT molecular complexity index is 1150. The Kier molecular flexibility index (Phi) is 5.12. The summed E-state index contributed by atoms with van der Waals surface area (Å²) in [5, 5.41) is 3.85. The summed E-state index contributed by atoms with van der Waals surface area (Å²) in [4.78, 5) is 36.0. The topological polar surface area (TPSA) is 78.0 Å². The highest BCUT2D eigenvalue weighted by Crippen LogP contribution is 2.21. The van der Waals surface area contributed by atoms with Gasteiger partial charge in [-0.05, 0) is 36.8 Å². The first-order chi connectivity index (χ1) is 12.9. The summed E-state index contributed by atoms with van der Waals surface area (Å²) >= 11 is 0. The van der Waals surface area contributed by atoms with Gasteiger partial charge in [-0.15, -0.1) is 0 Å². The van der Waals surface area contributed by atoms with Gasteiger partial charge in [0.1, 0.15) is 0 Å². The molecule has 1 aromatic carbocycles. The lowest BCUT2D eigenvalue weighted by Gasteiger charge is -2.06. The number of carbonyl (C=O) groups excluding carboxylic acids is 1. The third-order valence-corrected chi connectivity index (χ3v) is 4.39. The highest BCUT2D eigenvalue weighted by Gasteiger charge is 2.06. The third kappa shape index (κ3) is 3.76. The van der Waals surface area contributed by atoms with E-state index < -0.39 is 11.2 Å². The summed E-state index contributed by atoms with van der Waals surface area (Å²) < 4.78 is 4.48. The van der Waals surface area contributed by atoms with Gasteiger partial charge in [-0.2, -0.15) is 0 Å². The van der Waals surface area contributed by atoms with Gasteiger partial charge in [-0.1, -0.05) is 6.92 Å². The van der Waals surface area contributed by atoms with Gasteiger partial charge in [0.15, 0.2) is 0 Å². The molecule has 0 aliphatic rings. The number of aryl methyl sites for hydroxylation is 2. The maximum Gasteiger partial charge on any atom is 0.330 e. The van der Waals surface area contributed by atoms with E-state index in [1.54, 1.807) is 7.05 Å². The molecule has 0 saturated heterocycles. The number of rotatable bonds is 5. The minimum atomic E-state index is -0.444. The zero-order valence-corrected chi connectivity index (χ0v) is 15.6. The normalized spacial score (nSPS) is 11.4. The van der Waals surface area contributed by atoms with Gasteiger partial charge in [0.25, 0.3) is 5.56 Å². The van der Waals surface area contributed by atoms with Crippen LogP contribution in [0, 0.1) is 0 Å². The number of aromatic nitrogens is 3. The Hall–Kier alpha value is -3.35. The molecule has 0 aliphatic heterocycles. The minimum Gasteiger partial charge on any atom is -0.347 e. The molecule has 3 aromatic rings. The van der Waals surface area contributed by atoms with Crippen LogP contribution in [0.5, 0.6) is 0 Å². The maximum atomic E-state index is 12.2. The lowest BCUT2D eigenvalue weighted by molar-refractivity contribution is -0.111. The molecule has 7 heteroatoms. The first-order valence-corrected chi connectivity index (χ1v) is 8.75. The maximum absolute atomic E-state index is 12.2. The van der Waals surface area contributed by atoms with E-state index in [1.807, 2.05) is 30.5 Å². The van der Waals surface area contributed by atoms with Crippen molar-refractivity contribution in [2.75, 3.05) is 5.32 Å². The first-order valence-electron chi connectivity index (χ1n) is 8.75. The number of nitrogens with one attached hydrogen (secondary N) is 1. The number of benzene rings is 1. The average Bonchev–Trinajstić information content (AvgIpc) is 3.04. The van der Waals surface area contributed by atoms with Crippen molar-refractivity contribution in [3.8, 4) is 0 Å². The number of nitrogens with zero attached hydrogens (tertiary/aromatic N) is 3. The van der Waals surface area contributed by atoms with E-state index in [0.29, 0.717) is 5.69 Å². The van der Waals surface area contributed by atoms with Gasteiger partial charge in [-0.3, -0.25) is 14.2 Å². The van der Waals surface area contributed by atoms with E-state index in [9.17, 15) is 14.4 Å². The van der Waals surface area contributed by atoms with Crippen LogP contribution in [0.25, 0.3) is 17.0 Å². The highest BCUT2D eigenvalue weighted by molar-refractivity contribution is 6.02. The van der Waals surface area contributed by atoms with Crippen molar-refractivity contribution in [2.45, 2.75) is 19.9 Å². The van der Waals surface area contributed by atoms with E-state index in [-0.39, 0.29) is 11.5 Å². The van der Waals surface area contributed by atoms with Crippen LogP contribution in [0.3, 0.4) is 0 Å². The second-order valence-corrected chi connectivity index (χ2v) is 6.45. The summed E-state index contributed by atoms with van der Waals surface area (Å²) in [6.07, 6.45) is 7.20. The Labute approximate surface area is 156 Å². The Morgan fingerprint density at radius 2 is 1.96 bits per heavy atom. The molecular formula is C20H22N4O3. The average molecular weight is 366 g/mol. The van der Waals surface area contributed by atoms with Crippen LogP contribution in [0.1, 0.15) is 18.9 Å². The highest BCUT2D eigenvalue weighted by atomic mass is 16.2. The molecule has 3 rings (SSSR count). The molecule has 0 radical (unpaired) electrons. The molecule has 0 fully saturated rings. The predicted octanol–water partition coefficient (Wildman–Crippen LogP) is 2.10. The van der Waals surface area contributed by atoms with Gasteiger partial charge in [0, 0.05) is 55.7 Å². The molecule has 0 aliphatic carbocycles. The molecule has 0 bridgehead atoms. The summed E-state index contributed by atoms with van der Waals surface area (Å²) in [6.45, 7) is 3.08. The molecule has 27 heavy (non-hydrogen) atoms. The molecule has 0 atom stereocenters. The zero-order valence-electron chi connectivity index (χ0n) is 15.6. The summed E-state index contributed by atoms with van der Waals surface area (Å²) in [5.41, 5.74) is 1.21. The van der Waals surface area contributed by atoms with Gasteiger partial charge in [-0.25, -0.2) is 4.79 Å². The largest absolute Gasteiger partial charge is 0.347 e. The fraction of sp³-hybridized carbons (Fsp3) is 0.250. The molecule has 140 valence electrons. The smallest absolute Gasteiger partial charge is 0.330 e. The van der Waals surface area contributed by atoms with E-state index in [4.69, 9.17) is 0 Å². The SMILES string of the molecule is CCCn1ccc2cc(NC(=O)/C=C/c3cn(C)c(=O)n(C)c3=O)ccc21. The van der Waals surface area contributed by atoms with E-state index >= 15 is 0 Å². The van der Waals surface area contributed by atoms with E-state index in [0.717, 1.165) is 28.4 Å². The third-order valence-electron chi connectivity index (χ3n) is 4.39. The number of hydrogen-bond acceptors (Lipinski definition) is 3. The van der Waals surface area contributed by atoms with Crippen LogP contribution in [-0.2, 0) is 25.4 Å². The number of hydrogen-bond donors (Lipinski definition) is 1. The van der Waals surface area contributed by atoms with Crippen molar-refractivity contribution in [1.82, 2.24) is 13.7 Å². The van der Waals surface area contributed by atoms with Crippen molar-refractivity contribution in [3.63, 3.8) is 0 Å². The quantitative estimate of drug-likeness (QED) is 0.703. The second-order valence-electron chi connectivity index (χ2n) is 6.45. The van der Waals surface area contributed by atoms with E-state index in [1.165, 1.54) is 30.0 Å². The Morgan fingerprint density at radius 3 is 2.70 bits per heavy atom. The van der Waals surface area contributed by atoms with Crippen molar-refractivity contribution in [1.29, 1.82) is 0 Å². The fourth-order valence-electron chi connectivity index (χ4n) is 3.01. The molecule has 7 nitrogen and oxygen atoms in total. The predicted molar refractivity (Wildman–Crippen MR) is 107 cm³/mol. The van der Waals surface area contributed by atoms with Crippen molar-refractivity contribution >= 4 is 28.6 Å². The lowest BCUT2D eigenvalue weighted by atomic mass is 10.2. The zero-order chi connectivity index (χ0) is 19.6. The van der Waals surface area contributed by atoms with Gasteiger partial charge in [0.05, 0.1) is 5.56 Å². The van der Waals surface area contributed by atoms with Crippen molar-refractivity contribution in [3.05, 3.63) is 69.1 Å². The number of anilines is 1. The first kappa shape index (κ1) is 18.4. The molecule has 2 heterocycles. The minimum absolute atomic E-state index is 0.266. The molecule has 1 N–H and O–H groups in total. The second kappa shape index (κ2) is 7.49. The van der Waals surface area contributed by atoms with E-state index in [2.05, 4.69) is 16.8 Å². The standard InChI is InChI=1S/C20H22N4O3/c1-4-10-24-11-9-14-12-16(6-7-17(14)24)21-18(25)8-5-15-13-22(2)20(27)23(3)19(15)26/h5-9,11-13H,4,10H2,1-3H3,(H,21,25)/b8-5+. The Balaban J connectivity index is 1.78. The van der Waals surface area contributed by atoms with Crippen molar-refractivity contribution in [2.24, 2.45) is 14.1 Å². The van der Waals surface area contributed by atoms with Crippen LogP contribution in [0.15, 0.2) is 52.3 Å². The summed E-state index contributed by atoms with van der Waals surface area (Å²) in [7, 11) is 2.96. The van der Waals surface area contributed by atoms with Crippen LogP contribution in [-0.4, -0.2) is 19.6 Å². The van der Waals surface area contributed by atoms with Crippen LogP contribution in [0.2, 0.25) is 0 Å². The summed E-state index contributed by atoms with van der Waals surface area (Å²) in [5.74, 6) is -0.349. The van der Waals surface area contributed by atoms with Gasteiger partial charge >= 0.3 is 5.69 Å². The molecule has 1 amide bonds. The van der Waals surface area contributed by atoms with Crippen LogP contribution >= 0.6 is 0 Å². The number of fused-ring (bicyclic) bond motifs is 1. The van der Waals surface area contributed by atoms with Crippen molar-refractivity contribution < 1.29 is 4.79 Å². The number of amides is 1. The molecule has 0 unspecified atom stereocenters. The molecular weight excluding hydrogens is 344 g/mol. The van der Waals surface area contributed by atoms with Gasteiger partial charge < -0.3 is 14.5 Å². The van der Waals surface area contributed by atoms with Crippen LogP contribution < -0.4 is 16.6 Å². The van der Waals surface area contributed by atoms with Gasteiger partial charge in [0.2, 0.25) is 5.91 Å².